The van der Waals surface area contributed by atoms with Gasteiger partial charge < -0.3 is 5.32 Å². The van der Waals surface area contributed by atoms with Crippen molar-refractivity contribution in [2.24, 2.45) is 0 Å². The van der Waals surface area contributed by atoms with Crippen LogP contribution < -0.4 is 10.9 Å². The smallest absolute Gasteiger partial charge is 0.275 e. The standard InChI is InChI=1S/C21H15N5O2S4/c27-17-9-13(23-20-26(17)25-19(32-20)11-3-4-11)10-30-21-24-14-6-5-12(8-16(14)31-21)22-18(28)15-2-1-7-29-15/h1-2,5-9,11H,3-4,10H2,(H,22,28). The second kappa shape index (κ2) is 8.07. The molecule has 4 aromatic heterocycles. The summed E-state index contributed by atoms with van der Waals surface area (Å²) in [5, 5.41) is 10.2. The largest absolute Gasteiger partial charge is 0.321 e. The predicted octanol–water partition coefficient (Wildman–Crippen LogP) is 5.24. The average molecular weight is 498 g/mol. The second-order valence-corrected chi connectivity index (χ2v) is 11.6. The van der Waals surface area contributed by atoms with Crippen LogP contribution in [-0.2, 0) is 5.75 Å². The van der Waals surface area contributed by atoms with Gasteiger partial charge in [0.25, 0.3) is 11.5 Å². The number of amides is 1. The van der Waals surface area contributed by atoms with Crippen molar-refractivity contribution in [3.63, 3.8) is 0 Å². The van der Waals surface area contributed by atoms with Crippen LogP contribution in [0.5, 0.6) is 0 Å². The quantitative estimate of drug-likeness (QED) is 0.323. The number of hydrogen-bond acceptors (Lipinski definition) is 9. The summed E-state index contributed by atoms with van der Waals surface area (Å²) in [7, 11) is 0. The number of thioether (sulfide) groups is 1. The van der Waals surface area contributed by atoms with E-state index >= 15 is 0 Å². The van der Waals surface area contributed by atoms with Gasteiger partial charge in [-0.25, -0.2) is 9.97 Å². The highest BCUT2D eigenvalue weighted by Crippen LogP contribution is 2.41. The van der Waals surface area contributed by atoms with Crippen LogP contribution in [0.25, 0.3) is 15.2 Å². The molecule has 1 N–H and O–H groups in total. The predicted molar refractivity (Wildman–Crippen MR) is 131 cm³/mol. The molecule has 1 fully saturated rings. The van der Waals surface area contributed by atoms with Gasteiger partial charge in [0, 0.05) is 23.4 Å². The van der Waals surface area contributed by atoms with Gasteiger partial charge >= 0.3 is 0 Å². The number of anilines is 1. The zero-order chi connectivity index (χ0) is 21.7. The molecular formula is C21H15N5O2S4. The second-order valence-electron chi connectivity index (χ2n) is 7.38. The van der Waals surface area contributed by atoms with Crippen molar-refractivity contribution in [1.82, 2.24) is 19.6 Å². The van der Waals surface area contributed by atoms with Crippen molar-refractivity contribution in [2.75, 3.05) is 5.32 Å². The highest BCUT2D eigenvalue weighted by molar-refractivity contribution is 8.00. The summed E-state index contributed by atoms with van der Waals surface area (Å²) in [5.41, 5.74) is 2.22. The van der Waals surface area contributed by atoms with E-state index in [2.05, 4.69) is 20.4 Å². The zero-order valence-electron chi connectivity index (χ0n) is 16.5. The van der Waals surface area contributed by atoms with Gasteiger partial charge in [-0.3, -0.25) is 9.59 Å². The maximum Gasteiger partial charge on any atom is 0.275 e. The molecule has 160 valence electrons. The van der Waals surface area contributed by atoms with Gasteiger partial charge in [-0.05, 0) is 42.5 Å². The zero-order valence-corrected chi connectivity index (χ0v) is 19.7. The Bertz CT molecular complexity index is 1510. The summed E-state index contributed by atoms with van der Waals surface area (Å²) in [5.74, 6) is 0.949. The third-order valence-corrected chi connectivity index (χ3v) is 9.09. The Morgan fingerprint density at radius 1 is 1.19 bits per heavy atom. The number of benzene rings is 1. The normalized spacial score (nSPS) is 13.8. The first kappa shape index (κ1) is 20.0. The maximum atomic E-state index is 12.4. The fourth-order valence-electron chi connectivity index (χ4n) is 3.22. The summed E-state index contributed by atoms with van der Waals surface area (Å²) in [6.45, 7) is 0. The summed E-state index contributed by atoms with van der Waals surface area (Å²) in [4.78, 5) is 35.4. The lowest BCUT2D eigenvalue weighted by atomic mass is 10.3. The van der Waals surface area contributed by atoms with Crippen LogP contribution >= 0.6 is 45.8 Å². The Balaban J connectivity index is 1.18. The molecule has 0 saturated heterocycles. The lowest BCUT2D eigenvalue weighted by Gasteiger charge is -2.02. The highest BCUT2D eigenvalue weighted by Gasteiger charge is 2.28. The minimum atomic E-state index is -0.135. The number of nitrogens with one attached hydrogen (secondary N) is 1. The van der Waals surface area contributed by atoms with Crippen LogP contribution in [-0.4, -0.2) is 25.5 Å². The first-order valence-corrected chi connectivity index (χ1v) is 13.4. The Morgan fingerprint density at radius 2 is 2.09 bits per heavy atom. The minimum Gasteiger partial charge on any atom is -0.321 e. The van der Waals surface area contributed by atoms with E-state index in [1.54, 1.807) is 35.2 Å². The molecule has 7 nitrogen and oxygen atoms in total. The maximum absolute atomic E-state index is 12.4. The SMILES string of the molecule is O=C(Nc1ccc2nc(SCc3cc(=O)n4nc(C5CC5)sc4n3)sc2c1)c1cccs1. The molecule has 1 aliphatic rings. The van der Waals surface area contributed by atoms with Crippen molar-refractivity contribution in [1.29, 1.82) is 0 Å². The highest BCUT2D eigenvalue weighted by atomic mass is 32.2. The number of fused-ring (bicyclic) bond motifs is 2. The third kappa shape index (κ3) is 3.96. The van der Waals surface area contributed by atoms with Crippen molar-refractivity contribution >= 4 is 72.5 Å². The molecule has 1 aliphatic carbocycles. The van der Waals surface area contributed by atoms with E-state index in [1.165, 1.54) is 27.2 Å². The molecule has 1 saturated carbocycles. The van der Waals surface area contributed by atoms with Crippen LogP contribution in [0, 0.1) is 0 Å². The number of aromatic nitrogens is 4. The molecule has 5 aromatic rings. The van der Waals surface area contributed by atoms with E-state index in [1.807, 2.05) is 29.6 Å². The van der Waals surface area contributed by atoms with Crippen molar-refractivity contribution < 1.29 is 4.79 Å². The van der Waals surface area contributed by atoms with E-state index in [-0.39, 0.29) is 11.5 Å². The molecule has 0 radical (unpaired) electrons. The molecule has 0 spiro atoms. The van der Waals surface area contributed by atoms with Gasteiger partial charge in [-0.1, -0.05) is 29.2 Å². The van der Waals surface area contributed by atoms with Crippen LogP contribution in [0.15, 0.2) is 50.9 Å². The summed E-state index contributed by atoms with van der Waals surface area (Å²) >= 11 is 6.04. The number of hydrogen-bond donors (Lipinski definition) is 1. The molecular weight excluding hydrogens is 483 g/mol. The van der Waals surface area contributed by atoms with Gasteiger partial charge in [0.05, 0.1) is 20.8 Å². The number of carbonyl (C=O) groups is 1. The first-order chi connectivity index (χ1) is 15.6. The lowest BCUT2D eigenvalue weighted by molar-refractivity contribution is 0.103. The Kier molecular flexibility index (Phi) is 5.05. The fraction of sp³-hybridized carbons (Fsp3) is 0.190. The Labute approximate surface area is 198 Å². The molecule has 0 bridgehead atoms. The number of nitrogens with zero attached hydrogens (tertiary/aromatic N) is 4. The fourth-order valence-corrected chi connectivity index (χ4v) is 6.93. The molecule has 4 heterocycles. The van der Waals surface area contributed by atoms with Gasteiger partial charge in [-0.15, -0.1) is 22.7 Å². The van der Waals surface area contributed by atoms with Crippen molar-refractivity contribution in [3.8, 4) is 0 Å². The number of rotatable bonds is 6. The molecule has 11 heteroatoms. The van der Waals surface area contributed by atoms with Crippen LogP contribution in [0.4, 0.5) is 5.69 Å². The number of thiophene rings is 1. The van der Waals surface area contributed by atoms with E-state index in [0.717, 1.165) is 43.8 Å². The average Bonchev–Trinajstić information content (AvgIpc) is 3.18. The topological polar surface area (TPSA) is 89.2 Å². The molecule has 32 heavy (non-hydrogen) atoms. The lowest BCUT2D eigenvalue weighted by Crippen LogP contribution is -2.15. The summed E-state index contributed by atoms with van der Waals surface area (Å²) in [6.07, 6.45) is 2.29. The van der Waals surface area contributed by atoms with Crippen LogP contribution in [0.1, 0.15) is 39.1 Å². The van der Waals surface area contributed by atoms with Crippen molar-refractivity contribution in [3.05, 3.63) is 67.7 Å². The van der Waals surface area contributed by atoms with Crippen LogP contribution in [0.2, 0.25) is 0 Å². The molecule has 1 aromatic carbocycles. The van der Waals surface area contributed by atoms with Crippen LogP contribution in [0.3, 0.4) is 0 Å². The summed E-state index contributed by atoms with van der Waals surface area (Å²) < 4.78 is 3.30. The van der Waals surface area contributed by atoms with Gasteiger partial charge in [0.15, 0.2) is 4.34 Å². The van der Waals surface area contributed by atoms with Gasteiger partial charge in [-0.2, -0.15) is 9.61 Å². The Hall–Kier alpha value is -2.60. The molecule has 0 atom stereocenters. The third-order valence-electron chi connectivity index (χ3n) is 4.96. The molecule has 1 amide bonds. The molecule has 6 rings (SSSR count). The van der Waals surface area contributed by atoms with E-state index in [4.69, 9.17) is 0 Å². The molecule has 0 unspecified atom stereocenters. The molecule has 0 aliphatic heterocycles. The monoisotopic (exact) mass is 497 g/mol. The van der Waals surface area contributed by atoms with E-state index in [0.29, 0.717) is 21.5 Å². The van der Waals surface area contributed by atoms with Crippen molar-refractivity contribution in [2.45, 2.75) is 28.9 Å². The Morgan fingerprint density at radius 3 is 2.91 bits per heavy atom. The van der Waals surface area contributed by atoms with Gasteiger partial charge in [0.2, 0.25) is 4.96 Å². The first-order valence-electron chi connectivity index (χ1n) is 9.90. The summed E-state index contributed by atoms with van der Waals surface area (Å²) in [6, 6.07) is 10.9. The number of thiazole rings is 1. The van der Waals surface area contributed by atoms with E-state index in [9.17, 15) is 9.59 Å². The van der Waals surface area contributed by atoms with E-state index < -0.39 is 0 Å². The minimum absolute atomic E-state index is 0.112. The number of carbonyl (C=O) groups excluding carboxylic acids is 1. The van der Waals surface area contributed by atoms with Gasteiger partial charge in [0.1, 0.15) is 5.01 Å².